The number of methoxy groups -OCH3 is 1. The number of aromatic amines is 1. The first-order chi connectivity index (χ1) is 17.2. The second-order valence-electron chi connectivity index (χ2n) is 9.48. The average molecular weight is 468 g/mol. The molecular weight excluding hydrogens is 442 g/mol. The molecule has 8 heteroatoms. The quantitative estimate of drug-likeness (QED) is 0.474. The molecule has 3 aliphatic rings. The standard InChI is InChI=1S/C27H25N5O3/c1-34-18-4-6-22-20(13-18)27(26(33)29-22)14-21(27)16-2-5-19-23(12-16)30-31-25(19)17-3-7-24(28-15-17)32-8-10-35-11-9-32/h2-7,12-13,15,21H,8-11,14H2,1H3,(H,29,33)(H,30,31). The minimum atomic E-state index is -0.514. The van der Waals surface area contributed by atoms with Gasteiger partial charge in [0.2, 0.25) is 5.91 Å². The minimum absolute atomic E-state index is 0.0718. The molecule has 2 atom stereocenters. The molecular formula is C27H25N5O3. The Hall–Kier alpha value is -3.91. The number of hydrogen-bond donors (Lipinski definition) is 2. The van der Waals surface area contributed by atoms with Gasteiger partial charge in [0.1, 0.15) is 17.3 Å². The van der Waals surface area contributed by atoms with Gasteiger partial charge in [0.15, 0.2) is 0 Å². The number of hydrogen-bond acceptors (Lipinski definition) is 6. The van der Waals surface area contributed by atoms with E-state index in [4.69, 9.17) is 9.47 Å². The monoisotopic (exact) mass is 467 g/mol. The molecule has 1 saturated carbocycles. The van der Waals surface area contributed by atoms with Crippen LogP contribution in [-0.2, 0) is 14.9 Å². The number of nitrogens with one attached hydrogen (secondary N) is 2. The molecule has 8 nitrogen and oxygen atoms in total. The maximum absolute atomic E-state index is 13.0. The van der Waals surface area contributed by atoms with E-state index < -0.39 is 5.41 Å². The van der Waals surface area contributed by atoms with Gasteiger partial charge in [-0.25, -0.2) is 4.98 Å². The van der Waals surface area contributed by atoms with Crippen LogP contribution >= 0.6 is 0 Å². The molecule has 2 fully saturated rings. The fourth-order valence-electron chi connectivity index (χ4n) is 5.68. The smallest absolute Gasteiger partial charge is 0.235 e. The summed E-state index contributed by atoms with van der Waals surface area (Å²) in [7, 11) is 1.65. The molecule has 4 aromatic rings. The van der Waals surface area contributed by atoms with E-state index in [-0.39, 0.29) is 11.8 Å². The number of benzene rings is 2. The van der Waals surface area contributed by atoms with E-state index in [1.165, 1.54) is 0 Å². The highest BCUT2D eigenvalue weighted by molar-refractivity contribution is 6.10. The maximum Gasteiger partial charge on any atom is 0.235 e. The molecule has 2 N–H and O–H groups in total. The summed E-state index contributed by atoms with van der Waals surface area (Å²) in [6.45, 7) is 3.19. The van der Waals surface area contributed by atoms with Gasteiger partial charge in [0, 0.05) is 41.8 Å². The predicted octanol–water partition coefficient (Wildman–Crippen LogP) is 3.85. The van der Waals surface area contributed by atoms with E-state index in [1.807, 2.05) is 30.5 Å². The summed E-state index contributed by atoms with van der Waals surface area (Å²) in [6, 6.07) is 16.3. The summed E-state index contributed by atoms with van der Waals surface area (Å²) >= 11 is 0. The molecule has 2 unspecified atom stereocenters. The van der Waals surface area contributed by atoms with E-state index >= 15 is 0 Å². The number of fused-ring (bicyclic) bond motifs is 3. The molecule has 2 aromatic carbocycles. The van der Waals surface area contributed by atoms with Gasteiger partial charge in [-0.15, -0.1) is 0 Å². The molecule has 0 radical (unpaired) electrons. The van der Waals surface area contributed by atoms with Crippen LogP contribution < -0.4 is 15.0 Å². The largest absolute Gasteiger partial charge is 0.497 e. The van der Waals surface area contributed by atoms with E-state index in [2.05, 4.69) is 49.7 Å². The molecule has 1 saturated heterocycles. The lowest BCUT2D eigenvalue weighted by molar-refractivity contribution is -0.118. The first-order valence-corrected chi connectivity index (χ1v) is 11.9. The average Bonchev–Trinajstić information content (AvgIpc) is 3.44. The number of anilines is 2. The van der Waals surface area contributed by atoms with Gasteiger partial charge < -0.3 is 19.7 Å². The molecule has 2 aromatic heterocycles. The Morgan fingerprint density at radius 2 is 2.00 bits per heavy atom. The highest BCUT2D eigenvalue weighted by Gasteiger charge is 2.65. The number of aromatic nitrogens is 3. The highest BCUT2D eigenvalue weighted by Crippen LogP contribution is 2.65. The lowest BCUT2D eigenvalue weighted by Crippen LogP contribution is -2.36. The van der Waals surface area contributed by atoms with Crippen LogP contribution in [0.4, 0.5) is 11.5 Å². The topological polar surface area (TPSA) is 92.4 Å². The number of morpholine rings is 1. The van der Waals surface area contributed by atoms with Gasteiger partial charge in [-0.1, -0.05) is 12.1 Å². The van der Waals surface area contributed by atoms with Crippen molar-refractivity contribution in [2.24, 2.45) is 0 Å². The van der Waals surface area contributed by atoms with Gasteiger partial charge in [0.05, 0.1) is 31.3 Å². The van der Waals surface area contributed by atoms with Crippen molar-refractivity contribution < 1.29 is 14.3 Å². The lowest BCUT2D eigenvalue weighted by atomic mass is 9.91. The zero-order valence-electron chi connectivity index (χ0n) is 19.4. The summed E-state index contributed by atoms with van der Waals surface area (Å²) in [6.07, 6.45) is 2.68. The second kappa shape index (κ2) is 7.55. The second-order valence-corrected chi connectivity index (χ2v) is 9.48. The minimum Gasteiger partial charge on any atom is -0.497 e. The molecule has 1 aliphatic carbocycles. The van der Waals surface area contributed by atoms with Gasteiger partial charge in [0.25, 0.3) is 0 Å². The Morgan fingerprint density at radius 3 is 2.80 bits per heavy atom. The summed E-state index contributed by atoms with van der Waals surface area (Å²) in [5.74, 6) is 1.93. The molecule has 176 valence electrons. The SMILES string of the molecule is COc1ccc2c(c1)C1(CC1c1ccc3c(-c4ccc(N5CCOCC5)nc4)n[nH]c3c1)C(=O)N2. The Morgan fingerprint density at radius 1 is 1.11 bits per heavy atom. The van der Waals surface area contributed by atoms with Gasteiger partial charge in [-0.2, -0.15) is 5.10 Å². The molecule has 35 heavy (non-hydrogen) atoms. The van der Waals surface area contributed by atoms with Crippen LogP contribution in [0.1, 0.15) is 23.5 Å². The fourth-order valence-corrected chi connectivity index (χ4v) is 5.68. The van der Waals surface area contributed by atoms with E-state index in [9.17, 15) is 4.79 Å². The Bertz CT molecular complexity index is 1460. The van der Waals surface area contributed by atoms with Crippen LogP contribution in [0, 0.1) is 0 Å². The number of H-pyrrole nitrogens is 1. The summed E-state index contributed by atoms with van der Waals surface area (Å²) in [5.41, 5.74) is 5.35. The number of ether oxygens (including phenoxy) is 2. The summed E-state index contributed by atoms with van der Waals surface area (Å²) < 4.78 is 10.9. The molecule has 0 bridgehead atoms. The Balaban J connectivity index is 1.18. The number of carbonyl (C=O) groups is 1. The third-order valence-corrected chi connectivity index (χ3v) is 7.67. The number of nitrogens with zero attached hydrogens (tertiary/aromatic N) is 3. The zero-order chi connectivity index (χ0) is 23.6. The van der Waals surface area contributed by atoms with Gasteiger partial charge >= 0.3 is 0 Å². The van der Waals surface area contributed by atoms with Crippen molar-refractivity contribution in [2.45, 2.75) is 17.8 Å². The number of rotatable bonds is 4. The number of amides is 1. The molecule has 2 aliphatic heterocycles. The molecule has 7 rings (SSSR count). The van der Waals surface area contributed by atoms with Gasteiger partial charge in [-0.3, -0.25) is 9.89 Å². The number of pyridine rings is 1. The lowest BCUT2D eigenvalue weighted by Gasteiger charge is -2.27. The highest BCUT2D eigenvalue weighted by atomic mass is 16.5. The van der Waals surface area contributed by atoms with Gasteiger partial charge in [-0.05, 0) is 53.9 Å². The van der Waals surface area contributed by atoms with Crippen molar-refractivity contribution in [1.29, 1.82) is 0 Å². The Labute approximate surface area is 202 Å². The molecule has 4 heterocycles. The van der Waals surface area contributed by atoms with Crippen LogP contribution in [0.3, 0.4) is 0 Å². The summed E-state index contributed by atoms with van der Waals surface area (Å²) in [5, 5.41) is 11.9. The van der Waals surface area contributed by atoms with Crippen molar-refractivity contribution in [3.8, 4) is 17.0 Å². The fraction of sp³-hybridized carbons (Fsp3) is 0.296. The number of carbonyl (C=O) groups excluding carboxylic acids is 1. The van der Waals surface area contributed by atoms with Crippen LogP contribution in [-0.4, -0.2) is 54.5 Å². The maximum atomic E-state index is 13.0. The van der Waals surface area contributed by atoms with Crippen molar-refractivity contribution in [3.63, 3.8) is 0 Å². The summed E-state index contributed by atoms with van der Waals surface area (Å²) in [4.78, 5) is 19.9. The van der Waals surface area contributed by atoms with E-state index in [0.717, 1.165) is 83.3 Å². The van der Waals surface area contributed by atoms with Crippen LogP contribution in [0.2, 0.25) is 0 Å². The zero-order valence-corrected chi connectivity index (χ0v) is 19.4. The predicted molar refractivity (Wildman–Crippen MR) is 133 cm³/mol. The van der Waals surface area contributed by atoms with Crippen molar-refractivity contribution in [3.05, 3.63) is 65.9 Å². The first kappa shape index (κ1) is 20.5. The molecule has 1 spiro atoms. The third kappa shape index (κ3) is 3.06. The Kier molecular flexibility index (Phi) is 4.41. The van der Waals surface area contributed by atoms with Crippen LogP contribution in [0.5, 0.6) is 5.75 Å². The first-order valence-electron chi connectivity index (χ1n) is 11.9. The molecule has 1 amide bonds. The third-order valence-electron chi connectivity index (χ3n) is 7.67. The van der Waals surface area contributed by atoms with E-state index in [1.54, 1.807) is 7.11 Å². The van der Waals surface area contributed by atoms with E-state index in [0.29, 0.717) is 0 Å². The van der Waals surface area contributed by atoms with Crippen molar-refractivity contribution in [1.82, 2.24) is 15.2 Å². The van der Waals surface area contributed by atoms with Crippen molar-refractivity contribution in [2.75, 3.05) is 43.6 Å². The van der Waals surface area contributed by atoms with Crippen molar-refractivity contribution >= 4 is 28.3 Å². The van der Waals surface area contributed by atoms with Crippen LogP contribution in [0.25, 0.3) is 22.2 Å². The van der Waals surface area contributed by atoms with Crippen LogP contribution in [0.15, 0.2) is 54.7 Å². The normalized spacial score (nSPS) is 22.9.